The molecule has 0 fully saturated rings. The minimum Gasteiger partial charge on any atom is -0.339 e. The lowest BCUT2D eigenvalue weighted by Gasteiger charge is -2.24. The van der Waals surface area contributed by atoms with Crippen LogP contribution in [0.25, 0.3) is 0 Å². The molecule has 0 saturated carbocycles. The number of hydrogen-bond donors (Lipinski definition) is 0. The first kappa shape index (κ1) is 11.5. The lowest BCUT2D eigenvalue weighted by Crippen LogP contribution is -2.32. The molecular weight excluding hydrogens is 221 g/mol. The van der Waals surface area contributed by atoms with Gasteiger partial charge in [-0.3, -0.25) is 0 Å². The summed E-state index contributed by atoms with van der Waals surface area (Å²) in [4.78, 5) is 10.3. The number of rotatable bonds is 3. The van der Waals surface area contributed by atoms with Crippen molar-refractivity contribution < 1.29 is 0 Å². The molecular formula is C9H13Cl2N3. The van der Waals surface area contributed by atoms with Crippen LogP contribution in [0.2, 0.25) is 10.3 Å². The van der Waals surface area contributed by atoms with E-state index in [-0.39, 0.29) is 0 Å². The van der Waals surface area contributed by atoms with Crippen LogP contribution in [0.5, 0.6) is 0 Å². The molecule has 0 bridgehead atoms. The molecule has 1 heterocycles. The summed E-state index contributed by atoms with van der Waals surface area (Å²) in [5, 5.41) is 0.748. The van der Waals surface area contributed by atoms with Gasteiger partial charge in [0.2, 0.25) is 5.95 Å². The van der Waals surface area contributed by atoms with E-state index in [1.807, 2.05) is 11.8 Å². The highest BCUT2D eigenvalue weighted by Gasteiger charge is 2.12. The van der Waals surface area contributed by atoms with Crippen molar-refractivity contribution in [2.45, 2.75) is 26.8 Å². The lowest BCUT2D eigenvalue weighted by molar-refractivity contribution is 0.681. The molecule has 0 spiro atoms. The summed E-state index contributed by atoms with van der Waals surface area (Å²) < 4.78 is 0. The first-order valence-electron chi connectivity index (χ1n) is 4.51. The zero-order valence-electron chi connectivity index (χ0n) is 8.46. The zero-order valence-corrected chi connectivity index (χ0v) is 9.97. The lowest BCUT2D eigenvalue weighted by atomic mass is 10.3. The van der Waals surface area contributed by atoms with Gasteiger partial charge in [-0.15, -0.1) is 0 Å². The maximum Gasteiger partial charge on any atom is 0.228 e. The molecule has 0 atom stereocenters. The predicted molar refractivity (Wildman–Crippen MR) is 60.2 cm³/mol. The molecule has 1 rings (SSSR count). The molecule has 5 heteroatoms. The standard InChI is InChI=1S/C9H13Cl2N3/c1-4-14(6(2)3)9-12-7(10)5-8(11)13-9/h5-6H,4H2,1-3H3. The van der Waals surface area contributed by atoms with Crippen LogP contribution < -0.4 is 4.90 Å². The molecule has 0 N–H and O–H groups in total. The van der Waals surface area contributed by atoms with Crippen molar-refractivity contribution in [1.29, 1.82) is 0 Å². The SMILES string of the molecule is CCN(c1nc(Cl)cc(Cl)n1)C(C)C. The smallest absolute Gasteiger partial charge is 0.228 e. The van der Waals surface area contributed by atoms with Crippen LogP contribution in [0, 0.1) is 0 Å². The van der Waals surface area contributed by atoms with Gasteiger partial charge in [-0.05, 0) is 20.8 Å². The Bertz CT molecular complexity index is 295. The molecule has 0 aromatic carbocycles. The fraction of sp³-hybridized carbons (Fsp3) is 0.556. The van der Waals surface area contributed by atoms with Crippen molar-refractivity contribution in [2.75, 3.05) is 11.4 Å². The molecule has 14 heavy (non-hydrogen) atoms. The molecule has 1 aromatic rings. The molecule has 0 aliphatic heterocycles. The Hall–Kier alpha value is -0.540. The third-order valence-electron chi connectivity index (χ3n) is 1.87. The Balaban J connectivity index is 3.04. The second-order valence-corrected chi connectivity index (χ2v) is 3.97. The van der Waals surface area contributed by atoms with Crippen LogP contribution in [-0.4, -0.2) is 22.6 Å². The monoisotopic (exact) mass is 233 g/mol. The van der Waals surface area contributed by atoms with Crippen molar-refractivity contribution in [3.8, 4) is 0 Å². The largest absolute Gasteiger partial charge is 0.339 e. The summed E-state index contributed by atoms with van der Waals surface area (Å²) >= 11 is 11.6. The molecule has 0 saturated heterocycles. The maximum atomic E-state index is 5.79. The Morgan fingerprint density at radius 2 is 1.79 bits per heavy atom. The van der Waals surface area contributed by atoms with Gasteiger partial charge in [-0.1, -0.05) is 23.2 Å². The van der Waals surface area contributed by atoms with E-state index >= 15 is 0 Å². The summed E-state index contributed by atoms with van der Waals surface area (Å²) in [6.07, 6.45) is 0. The van der Waals surface area contributed by atoms with Gasteiger partial charge in [0.15, 0.2) is 0 Å². The Morgan fingerprint density at radius 1 is 1.29 bits per heavy atom. The Morgan fingerprint density at radius 3 is 2.14 bits per heavy atom. The van der Waals surface area contributed by atoms with Gasteiger partial charge < -0.3 is 4.90 Å². The molecule has 78 valence electrons. The van der Waals surface area contributed by atoms with E-state index in [0.717, 1.165) is 6.54 Å². The first-order valence-corrected chi connectivity index (χ1v) is 5.27. The van der Waals surface area contributed by atoms with E-state index in [0.29, 0.717) is 22.3 Å². The third-order valence-corrected chi connectivity index (χ3v) is 2.26. The average Bonchev–Trinajstić information content (AvgIpc) is 2.02. The van der Waals surface area contributed by atoms with E-state index in [2.05, 4.69) is 23.8 Å². The van der Waals surface area contributed by atoms with Crippen LogP contribution >= 0.6 is 23.2 Å². The van der Waals surface area contributed by atoms with Gasteiger partial charge in [-0.25, -0.2) is 9.97 Å². The van der Waals surface area contributed by atoms with Crippen LogP contribution in [0.1, 0.15) is 20.8 Å². The summed E-state index contributed by atoms with van der Waals surface area (Å²) in [5.41, 5.74) is 0. The molecule has 0 radical (unpaired) electrons. The number of nitrogens with zero attached hydrogens (tertiary/aromatic N) is 3. The Kier molecular flexibility index (Phi) is 3.96. The van der Waals surface area contributed by atoms with E-state index in [1.54, 1.807) is 0 Å². The number of halogens is 2. The van der Waals surface area contributed by atoms with Gasteiger partial charge in [0.05, 0.1) is 0 Å². The average molecular weight is 234 g/mol. The second kappa shape index (κ2) is 4.80. The minimum atomic E-state index is 0.328. The molecule has 0 unspecified atom stereocenters. The quantitative estimate of drug-likeness (QED) is 0.752. The molecule has 0 aliphatic carbocycles. The summed E-state index contributed by atoms with van der Waals surface area (Å²) in [5.74, 6) is 0.583. The molecule has 0 amide bonds. The summed E-state index contributed by atoms with van der Waals surface area (Å²) in [6, 6.07) is 1.86. The molecule has 1 aromatic heterocycles. The van der Waals surface area contributed by atoms with Crippen LogP contribution in [0.3, 0.4) is 0 Å². The fourth-order valence-electron chi connectivity index (χ4n) is 1.24. The number of aromatic nitrogens is 2. The number of hydrogen-bond acceptors (Lipinski definition) is 3. The van der Waals surface area contributed by atoms with Gasteiger partial charge in [0.25, 0.3) is 0 Å². The molecule has 0 aliphatic rings. The number of anilines is 1. The van der Waals surface area contributed by atoms with Crippen LogP contribution in [0.4, 0.5) is 5.95 Å². The predicted octanol–water partition coefficient (Wildman–Crippen LogP) is 3.02. The van der Waals surface area contributed by atoms with Crippen molar-refractivity contribution in [1.82, 2.24) is 9.97 Å². The van der Waals surface area contributed by atoms with Crippen molar-refractivity contribution >= 4 is 29.2 Å². The van der Waals surface area contributed by atoms with Gasteiger partial charge in [0.1, 0.15) is 10.3 Å². The van der Waals surface area contributed by atoms with Crippen LogP contribution in [0.15, 0.2) is 6.07 Å². The maximum absolute atomic E-state index is 5.79. The van der Waals surface area contributed by atoms with Crippen molar-refractivity contribution in [3.05, 3.63) is 16.4 Å². The highest BCUT2D eigenvalue weighted by atomic mass is 35.5. The normalized spacial score (nSPS) is 10.7. The highest BCUT2D eigenvalue weighted by Crippen LogP contribution is 2.18. The molecule has 3 nitrogen and oxygen atoms in total. The minimum absolute atomic E-state index is 0.328. The van der Waals surface area contributed by atoms with Gasteiger partial charge in [0, 0.05) is 18.7 Å². The first-order chi connectivity index (χ1) is 6.54. The van der Waals surface area contributed by atoms with E-state index in [9.17, 15) is 0 Å². The fourth-order valence-corrected chi connectivity index (χ4v) is 1.66. The second-order valence-electron chi connectivity index (χ2n) is 3.19. The van der Waals surface area contributed by atoms with E-state index in [1.165, 1.54) is 6.07 Å². The van der Waals surface area contributed by atoms with Gasteiger partial charge in [-0.2, -0.15) is 0 Å². The summed E-state index contributed by atoms with van der Waals surface area (Å²) in [7, 11) is 0. The highest BCUT2D eigenvalue weighted by molar-refractivity contribution is 6.33. The Labute approximate surface area is 94.1 Å². The van der Waals surface area contributed by atoms with Crippen LogP contribution in [-0.2, 0) is 0 Å². The van der Waals surface area contributed by atoms with E-state index in [4.69, 9.17) is 23.2 Å². The third kappa shape index (κ3) is 2.72. The van der Waals surface area contributed by atoms with Gasteiger partial charge >= 0.3 is 0 Å². The zero-order chi connectivity index (χ0) is 10.7. The van der Waals surface area contributed by atoms with Crippen molar-refractivity contribution in [3.63, 3.8) is 0 Å². The van der Waals surface area contributed by atoms with E-state index < -0.39 is 0 Å². The summed E-state index contributed by atoms with van der Waals surface area (Å²) in [6.45, 7) is 7.01. The topological polar surface area (TPSA) is 29.0 Å². The van der Waals surface area contributed by atoms with Crippen molar-refractivity contribution in [2.24, 2.45) is 0 Å².